The van der Waals surface area contributed by atoms with E-state index in [9.17, 15) is 4.79 Å². The van der Waals surface area contributed by atoms with E-state index in [1.54, 1.807) is 0 Å². The van der Waals surface area contributed by atoms with Crippen molar-refractivity contribution in [3.05, 3.63) is 24.3 Å². The minimum absolute atomic E-state index is 0.332. The van der Waals surface area contributed by atoms with E-state index < -0.39 is 5.97 Å². The van der Waals surface area contributed by atoms with Crippen LogP contribution in [0.5, 0.6) is 0 Å². The number of aliphatic imine (C=N–C) groups is 1. The van der Waals surface area contributed by atoms with E-state index >= 15 is 0 Å². The first-order chi connectivity index (χ1) is 21.2. The summed E-state index contributed by atoms with van der Waals surface area (Å²) < 4.78 is 0. The minimum atomic E-state index is -0.664. The maximum absolute atomic E-state index is 10.3. The molecule has 1 aliphatic rings. The second kappa shape index (κ2) is 36.6. The average Bonchev–Trinajstić information content (AvgIpc) is 3.53. The van der Waals surface area contributed by atoms with Crippen LogP contribution in [0.2, 0.25) is 0 Å². The third-order valence-electron chi connectivity index (χ3n) is 8.37. The summed E-state index contributed by atoms with van der Waals surface area (Å²) in [5.41, 5.74) is 0. The topological polar surface area (TPSA) is 52.9 Å². The molecule has 0 aromatic carbocycles. The monoisotopic (exact) mass is 603 g/mol. The summed E-state index contributed by atoms with van der Waals surface area (Å²) in [4.78, 5) is 16.9. The van der Waals surface area contributed by atoms with Crippen molar-refractivity contribution < 1.29 is 9.90 Å². The molecule has 252 valence electrons. The van der Waals surface area contributed by atoms with Crippen LogP contribution in [-0.2, 0) is 4.79 Å². The lowest BCUT2D eigenvalue weighted by Gasteiger charge is -2.12. The normalized spacial score (nSPS) is 12.9. The molecule has 0 bridgehead atoms. The summed E-state index contributed by atoms with van der Waals surface area (Å²) in [7, 11) is 0. The van der Waals surface area contributed by atoms with Gasteiger partial charge in [-0.15, -0.1) is 0 Å². The fourth-order valence-corrected chi connectivity index (χ4v) is 5.50. The van der Waals surface area contributed by atoms with Gasteiger partial charge in [-0.1, -0.05) is 147 Å². The van der Waals surface area contributed by atoms with Crippen molar-refractivity contribution in [1.29, 1.82) is 0 Å². The summed E-state index contributed by atoms with van der Waals surface area (Å²) >= 11 is 0. The molecular weight excluding hydrogens is 528 g/mol. The number of allylic oxidation sites excluding steroid dienone is 4. The van der Waals surface area contributed by atoms with Crippen LogP contribution >= 0.6 is 0 Å². The van der Waals surface area contributed by atoms with Crippen LogP contribution < -0.4 is 0 Å². The van der Waals surface area contributed by atoms with Crippen LogP contribution in [0, 0.1) is 0 Å². The molecule has 0 amide bonds. The van der Waals surface area contributed by atoms with Gasteiger partial charge in [-0.2, -0.15) is 0 Å². The Labute approximate surface area is 269 Å². The van der Waals surface area contributed by atoms with E-state index in [-0.39, 0.29) is 0 Å². The van der Waals surface area contributed by atoms with Gasteiger partial charge in [-0.05, 0) is 64.2 Å². The van der Waals surface area contributed by atoms with Gasteiger partial charge >= 0.3 is 5.97 Å². The Kier molecular flexibility index (Phi) is 35.3. The van der Waals surface area contributed by atoms with E-state index in [1.165, 1.54) is 167 Å². The quantitative estimate of drug-likeness (QED) is 0.0634. The van der Waals surface area contributed by atoms with Crippen LogP contribution in [0.4, 0.5) is 0 Å². The molecule has 0 saturated carbocycles. The van der Waals surface area contributed by atoms with Gasteiger partial charge in [0.25, 0.3) is 0 Å². The highest BCUT2D eigenvalue weighted by atomic mass is 16.4. The molecule has 0 aromatic heterocycles. The van der Waals surface area contributed by atoms with Crippen molar-refractivity contribution in [3.63, 3.8) is 0 Å². The van der Waals surface area contributed by atoms with Gasteiger partial charge in [0.05, 0.1) is 12.9 Å². The molecule has 0 aromatic rings. The third kappa shape index (κ3) is 36.5. The molecule has 0 fully saturated rings. The highest BCUT2D eigenvalue weighted by molar-refractivity contribution is 5.66. The van der Waals surface area contributed by atoms with Crippen LogP contribution in [0.15, 0.2) is 29.3 Å². The first-order valence-corrected chi connectivity index (χ1v) is 19.0. The second-order valence-electron chi connectivity index (χ2n) is 12.7. The number of rotatable bonds is 31. The van der Waals surface area contributed by atoms with Gasteiger partial charge < -0.3 is 10.0 Å². The van der Waals surface area contributed by atoms with Crippen LogP contribution in [-0.4, -0.2) is 41.9 Å². The molecule has 1 aliphatic heterocycles. The molecule has 0 atom stereocenters. The number of hydrogen-bond donors (Lipinski definition) is 1. The highest BCUT2D eigenvalue weighted by Gasteiger charge is 2.03. The molecule has 0 spiro atoms. The van der Waals surface area contributed by atoms with Gasteiger partial charge in [0, 0.05) is 19.5 Å². The SMILES string of the molecule is CCCCCCCC/C=C\CCCCCCCC(=O)O.CCCCCCCC/C=C\CCCCCCCCN1C=NCC1. The predicted molar refractivity (Wildman–Crippen MR) is 191 cm³/mol. The Balaban J connectivity index is 0.000000830. The molecule has 4 heteroatoms. The van der Waals surface area contributed by atoms with E-state index in [1.807, 2.05) is 6.34 Å². The molecule has 0 saturated heterocycles. The maximum Gasteiger partial charge on any atom is 0.303 e. The number of hydrogen-bond acceptors (Lipinski definition) is 3. The lowest BCUT2D eigenvalue weighted by molar-refractivity contribution is -0.137. The number of carboxylic acids is 1. The fourth-order valence-electron chi connectivity index (χ4n) is 5.50. The molecular formula is C39H74N2O2. The van der Waals surface area contributed by atoms with Gasteiger partial charge in [0.1, 0.15) is 0 Å². The molecule has 1 heterocycles. The minimum Gasteiger partial charge on any atom is -0.481 e. The first-order valence-electron chi connectivity index (χ1n) is 19.0. The fraction of sp³-hybridized carbons (Fsp3) is 0.846. The molecule has 0 aliphatic carbocycles. The largest absolute Gasteiger partial charge is 0.481 e. The lowest BCUT2D eigenvalue weighted by Crippen LogP contribution is -2.20. The standard InChI is InChI=1S/C21H40N2.C18H34O2/c1-2-3-4-5-6-7-8-9-10-11-12-13-14-15-16-17-19-23-20-18-22-21-23;1-2-3-4-5-6-7-8-9-10-11-12-13-14-15-16-17-18(19)20/h9-10,21H,2-8,11-20H2,1H3;9-10H,2-8,11-17H2,1H3,(H,19,20)/b2*10-9-. The van der Waals surface area contributed by atoms with E-state index in [0.717, 1.165) is 25.9 Å². The van der Waals surface area contributed by atoms with Crippen LogP contribution in [0.25, 0.3) is 0 Å². The van der Waals surface area contributed by atoms with Crippen molar-refractivity contribution in [3.8, 4) is 0 Å². The number of carboxylic acid groups (broad SMARTS) is 1. The Morgan fingerprint density at radius 3 is 1.33 bits per heavy atom. The van der Waals surface area contributed by atoms with Crippen molar-refractivity contribution in [2.45, 2.75) is 194 Å². The first kappa shape index (κ1) is 41.4. The lowest BCUT2D eigenvalue weighted by atomic mass is 10.1. The number of nitrogens with zero attached hydrogens (tertiary/aromatic N) is 2. The summed E-state index contributed by atoms with van der Waals surface area (Å²) in [6.45, 7) is 7.91. The van der Waals surface area contributed by atoms with Crippen LogP contribution in [0.1, 0.15) is 194 Å². The molecule has 1 rings (SSSR count). The molecule has 1 N–H and O–H groups in total. The number of unbranched alkanes of at least 4 members (excludes halogenated alkanes) is 23. The highest BCUT2D eigenvalue weighted by Crippen LogP contribution is 2.11. The van der Waals surface area contributed by atoms with E-state index in [0.29, 0.717) is 6.42 Å². The average molecular weight is 603 g/mol. The Hall–Kier alpha value is -1.58. The van der Waals surface area contributed by atoms with Gasteiger partial charge in [0.15, 0.2) is 0 Å². The summed E-state index contributed by atoms with van der Waals surface area (Å²) in [5, 5.41) is 8.51. The Bertz CT molecular complexity index is 643. The Morgan fingerprint density at radius 1 is 0.581 bits per heavy atom. The van der Waals surface area contributed by atoms with Crippen LogP contribution in [0.3, 0.4) is 0 Å². The van der Waals surface area contributed by atoms with Gasteiger partial charge in [-0.3, -0.25) is 9.79 Å². The van der Waals surface area contributed by atoms with E-state index in [2.05, 4.69) is 48.0 Å². The van der Waals surface area contributed by atoms with Gasteiger partial charge in [-0.25, -0.2) is 0 Å². The van der Waals surface area contributed by atoms with Crippen molar-refractivity contribution in [2.75, 3.05) is 19.6 Å². The molecule has 43 heavy (non-hydrogen) atoms. The predicted octanol–water partition coefficient (Wildman–Crippen LogP) is 12.5. The number of carbonyl (C=O) groups is 1. The summed E-state index contributed by atoms with van der Waals surface area (Å²) in [6.07, 6.45) is 47.5. The van der Waals surface area contributed by atoms with Gasteiger partial charge in [0.2, 0.25) is 0 Å². The van der Waals surface area contributed by atoms with Crippen molar-refractivity contribution in [1.82, 2.24) is 4.90 Å². The zero-order chi connectivity index (χ0) is 31.3. The molecule has 0 radical (unpaired) electrons. The number of aliphatic carboxylic acids is 1. The zero-order valence-electron chi connectivity index (χ0n) is 29.1. The smallest absolute Gasteiger partial charge is 0.303 e. The van der Waals surface area contributed by atoms with Crippen molar-refractivity contribution >= 4 is 12.3 Å². The maximum atomic E-state index is 10.3. The van der Waals surface area contributed by atoms with E-state index in [4.69, 9.17) is 5.11 Å². The summed E-state index contributed by atoms with van der Waals surface area (Å²) in [6, 6.07) is 0. The Morgan fingerprint density at radius 2 is 0.953 bits per heavy atom. The molecule has 0 unspecified atom stereocenters. The summed E-state index contributed by atoms with van der Waals surface area (Å²) in [5.74, 6) is -0.664. The third-order valence-corrected chi connectivity index (χ3v) is 8.37. The zero-order valence-corrected chi connectivity index (χ0v) is 29.1. The van der Waals surface area contributed by atoms with Crippen molar-refractivity contribution in [2.24, 2.45) is 4.99 Å². The molecule has 4 nitrogen and oxygen atoms in total. The second-order valence-corrected chi connectivity index (χ2v) is 12.7.